The monoisotopic (exact) mass is 227 g/mol. The van der Waals surface area contributed by atoms with Gasteiger partial charge in [-0.05, 0) is 47.3 Å². The average Bonchev–Trinajstić information content (AvgIpc) is 2.36. The molecule has 4 heteroatoms. The zero-order chi connectivity index (χ0) is 12.1. The number of carbonyl (C=O) groups excluding carboxylic acids is 1. The minimum atomic E-state index is 0.0531. The van der Waals surface area contributed by atoms with E-state index >= 15 is 0 Å². The second-order valence-corrected chi connectivity index (χ2v) is 4.87. The van der Waals surface area contributed by atoms with E-state index in [9.17, 15) is 4.79 Å². The molecule has 1 aliphatic rings. The van der Waals surface area contributed by atoms with Gasteiger partial charge < -0.3 is 10.2 Å². The predicted molar refractivity (Wildman–Crippen MR) is 66.4 cm³/mol. The van der Waals surface area contributed by atoms with Crippen molar-refractivity contribution in [3.8, 4) is 0 Å². The Morgan fingerprint density at radius 1 is 1.44 bits per heavy atom. The fourth-order valence-corrected chi connectivity index (χ4v) is 2.27. The molecule has 1 saturated heterocycles. The summed E-state index contributed by atoms with van der Waals surface area (Å²) in [5.74, 6) is 0.297. The van der Waals surface area contributed by atoms with Gasteiger partial charge in [0.2, 0.25) is 5.91 Å². The fraction of sp³-hybridized carbons (Fsp3) is 0.917. The van der Waals surface area contributed by atoms with Crippen molar-refractivity contribution < 1.29 is 4.79 Å². The molecule has 1 unspecified atom stereocenters. The molecule has 1 aliphatic heterocycles. The van der Waals surface area contributed by atoms with E-state index in [-0.39, 0.29) is 6.04 Å². The Bertz CT molecular complexity index is 230. The van der Waals surface area contributed by atoms with Crippen LogP contribution in [0.5, 0.6) is 0 Å². The summed E-state index contributed by atoms with van der Waals surface area (Å²) in [7, 11) is 3.99. The lowest BCUT2D eigenvalue weighted by atomic mass is 10.1. The highest BCUT2D eigenvalue weighted by atomic mass is 16.2. The number of amides is 1. The number of nitrogens with zero attached hydrogens (tertiary/aromatic N) is 2. The van der Waals surface area contributed by atoms with Gasteiger partial charge in [0.15, 0.2) is 0 Å². The smallest absolute Gasteiger partial charge is 0.240 e. The number of carbonyl (C=O) groups is 1. The first-order valence-electron chi connectivity index (χ1n) is 6.23. The van der Waals surface area contributed by atoms with Gasteiger partial charge in [-0.3, -0.25) is 9.69 Å². The van der Waals surface area contributed by atoms with Crippen LogP contribution in [-0.2, 0) is 4.79 Å². The average molecular weight is 227 g/mol. The first-order chi connectivity index (χ1) is 7.57. The zero-order valence-corrected chi connectivity index (χ0v) is 11.0. The number of rotatable bonds is 4. The summed E-state index contributed by atoms with van der Waals surface area (Å²) in [5, 5.41) is 3.12. The minimum absolute atomic E-state index is 0.0531. The van der Waals surface area contributed by atoms with E-state index in [1.54, 1.807) is 0 Å². The Hall–Kier alpha value is -0.610. The van der Waals surface area contributed by atoms with Crippen molar-refractivity contribution in [1.29, 1.82) is 0 Å². The molecule has 0 aromatic heterocycles. The van der Waals surface area contributed by atoms with Gasteiger partial charge in [0.25, 0.3) is 0 Å². The van der Waals surface area contributed by atoms with Crippen LogP contribution in [0, 0.1) is 0 Å². The molecule has 0 saturated carbocycles. The topological polar surface area (TPSA) is 35.6 Å². The maximum atomic E-state index is 12.4. The molecule has 16 heavy (non-hydrogen) atoms. The van der Waals surface area contributed by atoms with Crippen LogP contribution in [0.25, 0.3) is 0 Å². The normalized spacial score (nSPS) is 23.9. The summed E-state index contributed by atoms with van der Waals surface area (Å²) >= 11 is 0. The van der Waals surface area contributed by atoms with Crippen LogP contribution in [0.1, 0.15) is 26.7 Å². The Morgan fingerprint density at radius 2 is 2.12 bits per heavy atom. The summed E-state index contributed by atoms with van der Waals surface area (Å²) in [6.45, 7) is 7.00. The zero-order valence-electron chi connectivity index (χ0n) is 11.0. The van der Waals surface area contributed by atoms with E-state index in [0.717, 1.165) is 32.5 Å². The van der Waals surface area contributed by atoms with E-state index < -0.39 is 0 Å². The molecular formula is C12H25N3O. The summed E-state index contributed by atoms with van der Waals surface area (Å²) in [6, 6.07) is 0.369. The van der Waals surface area contributed by atoms with Gasteiger partial charge >= 0.3 is 0 Å². The molecule has 1 amide bonds. The maximum absolute atomic E-state index is 12.4. The van der Waals surface area contributed by atoms with Crippen molar-refractivity contribution in [3.63, 3.8) is 0 Å². The van der Waals surface area contributed by atoms with Crippen molar-refractivity contribution in [2.24, 2.45) is 0 Å². The van der Waals surface area contributed by atoms with Crippen LogP contribution in [0.3, 0.4) is 0 Å². The third kappa shape index (κ3) is 3.19. The number of hydrogen-bond acceptors (Lipinski definition) is 3. The quantitative estimate of drug-likeness (QED) is 0.761. The molecule has 0 aromatic rings. The summed E-state index contributed by atoms with van der Waals surface area (Å²) < 4.78 is 0. The summed E-state index contributed by atoms with van der Waals surface area (Å²) in [5.41, 5.74) is 0. The first kappa shape index (κ1) is 13.5. The maximum Gasteiger partial charge on any atom is 0.240 e. The fourth-order valence-electron chi connectivity index (χ4n) is 2.27. The lowest BCUT2D eigenvalue weighted by Crippen LogP contribution is -2.47. The Morgan fingerprint density at radius 3 is 2.69 bits per heavy atom. The van der Waals surface area contributed by atoms with Crippen molar-refractivity contribution in [1.82, 2.24) is 15.1 Å². The minimum Gasteiger partial charge on any atom is -0.339 e. The van der Waals surface area contributed by atoms with Crippen LogP contribution in [-0.4, -0.2) is 61.5 Å². The third-order valence-corrected chi connectivity index (χ3v) is 3.30. The van der Waals surface area contributed by atoms with Gasteiger partial charge in [0.05, 0.1) is 6.04 Å². The molecule has 0 aromatic carbocycles. The molecule has 0 spiro atoms. The Kier molecular flexibility index (Phi) is 5.22. The van der Waals surface area contributed by atoms with Crippen LogP contribution in [0.2, 0.25) is 0 Å². The Labute approximate surface area is 99.0 Å². The van der Waals surface area contributed by atoms with Crippen LogP contribution in [0.15, 0.2) is 0 Å². The molecule has 0 aliphatic carbocycles. The molecule has 1 heterocycles. The molecule has 1 rings (SSSR count). The van der Waals surface area contributed by atoms with Crippen LogP contribution < -0.4 is 5.32 Å². The molecular weight excluding hydrogens is 202 g/mol. The molecule has 4 nitrogen and oxygen atoms in total. The first-order valence-corrected chi connectivity index (χ1v) is 6.23. The summed E-state index contributed by atoms with van der Waals surface area (Å²) in [6.07, 6.45) is 1.98. The van der Waals surface area contributed by atoms with E-state index in [4.69, 9.17) is 0 Å². The highest BCUT2D eigenvalue weighted by Crippen LogP contribution is 2.14. The van der Waals surface area contributed by atoms with E-state index in [1.165, 1.54) is 0 Å². The van der Waals surface area contributed by atoms with E-state index in [0.29, 0.717) is 11.9 Å². The van der Waals surface area contributed by atoms with E-state index in [2.05, 4.69) is 31.1 Å². The SMILES string of the molecule is CNCCC1C(=O)N(C(C)C)CCCN1C. The van der Waals surface area contributed by atoms with Gasteiger partial charge in [-0.15, -0.1) is 0 Å². The molecule has 1 fully saturated rings. The van der Waals surface area contributed by atoms with Crippen molar-refractivity contribution in [2.75, 3.05) is 33.7 Å². The van der Waals surface area contributed by atoms with Gasteiger partial charge in [0.1, 0.15) is 0 Å². The lowest BCUT2D eigenvalue weighted by Gasteiger charge is -2.30. The number of likely N-dealkylation sites (N-methyl/N-ethyl adjacent to an activating group) is 1. The van der Waals surface area contributed by atoms with Crippen LogP contribution in [0.4, 0.5) is 0 Å². The second kappa shape index (κ2) is 6.21. The highest BCUT2D eigenvalue weighted by molar-refractivity contribution is 5.82. The lowest BCUT2D eigenvalue weighted by molar-refractivity contribution is -0.136. The number of hydrogen-bond donors (Lipinski definition) is 1. The van der Waals surface area contributed by atoms with Gasteiger partial charge in [-0.2, -0.15) is 0 Å². The molecule has 1 atom stereocenters. The Balaban J connectivity index is 2.71. The van der Waals surface area contributed by atoms with Gasteiger partial charge in [0, 0.05) is 19.1 Å². The molecule has 94 valence electrons. The predicted octanol–water partition coefficient (Wildman–Crippen LogP) is 0.537. The highest BCUT2D eigenvalue weighted by Gasteiger charge is 2.31. The van der Waals surface area contributed by atoms with Gasteiger partial charge in [-0.1, -0.05) is 0 Å². The number of nitrogens with one attached hydrogen (secondary N) is 1. The van der Waals surface area contributed by atoms with Crippen molar-refractivity contribution in [3.05, 3.63) is 0 Å². The van der Waals surface area contributed by atoms with Crippen molar-refractivity contribution >= 4 is 5.91 Å². The molecule has 0 bridgehead atoms. The largest absolute Gasteiger partial charge is 0.339 e. The molecule has 1 N–H and O–H groups in total. The van der Waals surface area contributed by atoms with Crippen LogP contribution >= 0.6 is 0 Å². The van der Waals surface area contributed by atoms with Crippen molar-refractivity contribution in [2.45, 2.75) is 38.8 Å². The molecule has 0 radical (unpaired) electrons. The summed E-state index contributed by atoms with van der Waals surface area (Å²) in [4.78, 5) is 16.6. The third-order valence-electron chi connectivity index (χ3n) is 3.30. The van der Waals surface area contributed by atoms with E-state index in [1.807, 2.05) is 11.9 Å². The van der Waals surface area contributed by atoms with Gasteiger partial charge in [-0.25, -0.2) is 0 Å². The second-order valence-electron chi connectivity index (χ2n) is 4.87. The standard InChI is InChI=1S/C12H25N3O/c1-10(2)15-9-5-8-14(4)11(12(15)16)6-7-13-3/h10-11,13H,5-9H2,1-4H3.